The molecule has 0 aromatic heterocycles. The Labute approximate surface area is 180 Å². The molecule has 0 aliphatic carbocycles. The molecule has 2 aliphatic rings. The van der Waals surface area contributed by atoms with Crippen molar-refractivity contribution in [2.24, 2.45) is 5.92 Å². The molecular formula is C25H22N2O4. The lowest BCUT2D eigenvalue weighted by Gasteiger charge is -2.29. The van der Waals surface area contributed by atoms with Crippen LogP contribution in [0.3, 0.4) is 0 Å². The second-order valence-electron chi connectivity index (χ2n) is 7.70. The van der Waals surface area contributed by atoms with Crippen LogP contribution in [0.1, 0.15) is 17.2 Å². The molecule has 5 rings (SSSR count). The summed E-state index contributed by atoms with van der Waals surface area (Å²) in [6.07, 6.45) is -0.901. The van der Waals surface area contributed by atoms with Crippen molar-refractivity contribution in [1.82, 2.24) is 0 Å². The summed E-state index contributed by atoms with van der Waals surface area (Å²) in [5, 5.41) is 1.68. The van der Waals surface area contributed by atoms with Crippen molar-refractivity contribution in [3.05, 3.63) is 90.0 Å². The summed E-state index contributed by atoms with van der Waals surface area (Å²) in [7, 11) is 1.60. The number of carbonyl (C=O) groups is 2. The number of nitrogens with zero attached hydrogens (tertiary/aromatic N) is 2. The number of amides is 2. The van der Waals surface area contributed by atoms with Crippen molar-refractivity contribution in [2.45, 2.75) is 19.1 Å². The number of imide groups is 1. The number of methoxy groups -OCH3 is 1. The van der Waals surface area contributed by atoms with Crippen molar-refractivity contribution in [3.63, 3.8) is 0 Å². The third kappa shape index (κ3) is 2.99. The van der Waals surface area contributed by atoms with E-state index in [9.17, 15) is 9.59 Å². The topological polar surface area (TPSA) is 59.1 Å². The summed E-state index contributed by atoms with van der Waals surface area (Å²) in [6.45, 7) is 1.89. The first kappa shape index (κ1) is 19.3. The van der Waals surface area contributed by atoms with Crippen LogP contribution in [-0.4, -0.2) is 25.0 Å². The van der Waals surface area contributed by atoms with Crippen molar-refractivity contribution in [1.29, 1.82) is 0 Å². The summed E-state index contributed by atoms with van der Waals surface area (Å²) < 4.78 is 5.59. The number of aryl methyl sites for hydroxylation is 1. The van der Waals surface area contributed by atoms with Crippen LogP contribution < -0.4 is 14.7 Å². The first-order valence-electron chi connectivity index (χ1n) is 10.2. The molecule has 6 heteroatoms. The largest absolute Gasteiger partial charge is 0.496 e. The smallest absolute Gasteiger partial charge is 0.266 e. The monoisotopic (exact) mass is 414 g/mol. The molecule has 0 unspecified atom stereocenters. The summed E-state index contributed by atoms with van der Waals surface area (Å²) in [5.74, 6) is -0.655. The highest BCUT2D eigenvalue weighted by Gasteiger charge is 2.60. The Balaban J connectivity index is 1.63. The minimum atomic E-state index is -0.901. The van der Waals surface area contributed by atoms with Crippen LogP contribution in [0.15, 0.2) is 78.9 Å². The van der Waals surface area contributed by atoms with Crippen LogP contribution in [0, 0.1) is 12.8 Å². The molecule has 0 bridgehead atoms. The molecule has 0 radical (unpaired) electrons. The van der Waals surface area contributed by atoms with Gasteiger partial charge in [-0.3, -0.25) is 14.4 Å². The zero-order chi connectivity index (χ0) is 21.5. The Morgan fingerprint density at radius 3 is 2.26 bits per heavy atom. The third-order valence-corrected chi connectivity index (χ3v) is 5.94. The molecule has 3 aromatic carbocycles. The van der Waals surface area contributed by atoms with E-state index in [1.165, 1.54) is 4.90 Å². The van der Waals surface area contributed by atoms with E-state index in [1.807, 2.05) is 79.7 Å². The Bertz CT molecular complexity index is 1150. The first-order chi connectivity index (χ1) is 15.1. The Morgan fingerprint density at radius 1 is 0.839 bits per heavy atom. The van der Waals surface area contributed by atoms with Crippen LogP contribution in [0.4, 0.5) is 11.4 Å². The highest BCUT2D eigenvalue weighted by Crippen LogP contribution is 2.49. The molecule has 2 heterocycles. The molecule has 0 saturated carbocycles. The van der Waals surface area contributed by atoms with E-state index in [2.05, 4.69) is 0 Å². The van der Waals surface area contributed by atoms with Gasteiger partial charge in [-0.25, -0.2) is 9.96 Å². The van der Waals surface area contributed by atoms with E-state index in [1.54, 1.807) is 18.2 Å². The number of benzene rings is 3. The second-order valence-corrected chi connectivity index (χ2v) is 7.70. The molecular weight excluding hydrogens is 392 g/mol. The second kappa shape index (κ2) is 7.56. The van der Waals surface area contributed by atoms with Crippen LogP contribution in [0.5, 0.6) is 5.75 Å². The first-order valence-corrected chi connectivity index (χ1v) is 10.2. The standard InChI is InChI=1S/C25H22N2O4/c1-16-10-6-8-14-19(16)26-24(28)21-22(18-13-7-9-15-20(18)30-2)27(31-23(21)25(26)29)17-11-4-3-5-12-17/h3-15,21-23H,1-2H3/t21-,22-,23-/m0/s1. The average molecular weight is 414 g/mol. The van der Waals surface area contributed by atoms with Gasteiger partial charge in [-0.1, -0.05) is 54.6 Å². The summed E-state index contributed by atoms with van der Waals surface area (Å²) in [6, 6.07) is 23.9. The molecule has 0 spiro atoms. The fourth-order valence-electron chi connectivity index (χ4n) is 4.49. The minimum Gasteiger partial charge on any atom is -0.496 e. The normalized spacial score (nSPS) is 22.7. The Kier molecular flexibility index (Phi) is 4.71. The van der Waals surface area contributed by atoms with E-state index in [-0.39, 0.29) is 11.8 Å². The zero-order valence-corrected chi connectivity index (χ0v) is 17.3. The summed E-state index contributed by atoms with van der Waals surface area (Å²) >= 11 is 0. The summed E-state index contributed by atoms with van der Waals surface area (Å²) in [5.41, 5.74) is 3.03. The number of para-hydroxylation sites is 3. The van der Waals surface area contributed by atoms with E-state index < -0.39 is 18.1 Å². The van der Waals surface area contributed by atoms with Gasteiger partial charge in [-0.05, 0) is 36.8 Å². The van der Waals surface area contributed by atoms with E-state index in [4.69, 9.17) is 9.57 Å². The zero-order valence-electron chi connectivity index (χ0n) is 17.3. The maximum absolute atomic E-state index is 13.7. The fourth-order valence-corrected chi connectivity index (χ4v) is 4.49. The third-order valence-electron chi connectivity index (χ3n) is 5.94. The number of hydrogen-bond donors (Lipinski definition) is 0. The maximum Gasteiger partial charge on any atom is 0.266 e. The number of hydrogen-bond acceptors (Lipinski definition) is 5. The predicted molar refractivity (Wildman–Crippen MR) is 117 cm³/mol. The van der Waals surface area contributed by atoms with Crippen LogP contribution in [0.2, 0.25) is 0 Å². The molecule has 156 valence electrons. The molecule has 6 nitrogen and oxygen atoms in total. The van der Waals surface area contributed by atoms with Crippen LogP contribution in [-0.2, 0) is 14.4 Å². The van der Waals surface area contributed by atoms with Gasteiger partial charge < -0.3 is 4.74 Å². The number of carbonyl (C=O) groups excluding carboxylic acids is 2. The molecule has 31 heavy (non-hydrogen) atoms. The van der Waals surface area contributed by atoms with Crippen molar-refractivity contribution < 1.29 is 19.2 Å². The molecule has 2 fully saturated rings. The molecule has 3 aromatic rings. The van der Waals surface area contributed by atoms with Crippen molar-refractivity contribution >= 4 is 23.2 Å². The average Bonchev–Trinajstić information content (AvgIpc) is 3.31. The van der Waals surface area contributed by atoms with Gasteiger partial charge in [0.25, 0.3) is 5.91 Å². The number of fused-ring (bicyclic) bond motifs is 1. The molecule has 3 atom stereocenters. The molecule has 2 aliphatic heterocycles. The van der Waals surface area contributed by atoms with Gasteiger partial charge in [0.05, 0.1) is 24.5 Å². The highest BCUT2D eigenvalue weighted by atomic mass is 16.7. The molecule has 0 N–H and O–H groups in total. The van der Waals surface area contributed by atoms with Gasteiger partial charge in [-0.15, -0.1) is 0 Å². The quantitative estimate of drug-likeness (QED) is 0.603. The van der Waals surface area contributed by atoms with Crippen LogP contribution in [0.25, 0.3) is 0 Å². The van der Waals surface area contributed by atoms with Gasteiger partial charge in [0.2, 0.25) is 5.91 Å². The van der Waals surface area contributed by atoms with Crippen molar-refractivity contribution in [2.75, 3.05) is 17.1 Å². The number of rotatable bonds is 4. The lowest BCUT2D eigenvalue weighted by molar-refractivity contribution is -0.126. The maximum atomic E-state index is 13.7. The SMILES string of the molecule is COc1ccccc1[C@H]1[C@@H]2C(=O)N(c3ccccc3C)C(=O)[C@H]2ON1c1ccccc1. The van der Waals surface area contributed by atoms with E-state index in [0.29, 0.717) is 11.4 Å². The summed E-state index contributed by atoms with van der Waals surface area (Å²) in [4.78, 5) is 34.5. The molecule has 2 saturated heterocycles. The lowest BCUT2D eigenvalue weighted by Crippen LogP contribution is -2.37. The minimum absolute atomic E-state index is 0.265. The van der Waals surface area contributed by atoms with Crippen LogP contribution >= 0.6 is 0 Å². The Morgan fingerprint density at radius 2 is 1.52 bits per heavy atom. The molecule has 2 amide bonds. The van der Waals surface area contributed by atoms with Gasteiger partial charge >= 0.3 is 0 Å². The number of hydroxylamine groups is 1. The Hall–Kier alpha value is -3.64. The van der Waals surface area contributed by atoms with Crippen molar-refractivity contribution in [3.8, 4) is 5.75 Å². The van der Waals surface area contributed by atoms with Gasteiger partial charge in [0.15, 0.2) is 6.10 Å². The van der Waals surface area contributed by atoms with Gasteiger partial charge in [0.1, 0.15) is 11.7 Å². The van der Waals surface area contributed by atoms with E-state index in [0.717, 1.165) is 16.8 Å². The van der Waals surface area contributed by atoms with Gasteiger partial charge in [0, 0.05) is 5.56 Å². The number of anilines is 2. The number of ether oxygens (including phenoxy) is 1. The van der Waals surface area contributed by atoms with Gasteiger partial charge in [-0.2, -0.15) is 0 Å². The fraction of sp³-hybridized carbons (Fsp3) is 0.200. The lowest BCUT2D eigenvalue weighted by atomic mass is 9.90. The predicted octanol–water partition coefficient (Wildman–Crippen LogP) is 4.05. The highest BCUT2D eigenvalue weighted by molar-refractivity contribution is 6.24. The van der Waals surface area contributed by atoms with E-state index >= 15 is 0 Å².